The van der Waals surface area contributed by atoms with Crippen molar-refractivity contribution in [2.75, 3.05) is 5.32 Å². The molecule has 1 amide bonds. The van der Waals surface area contributed by atoms with Gasteiger partial charge in [-0.05, 0) is 19.4 Å². The molecule has 1 heterocycles. The smallest absolute Gasteiger partial charge is 0.273 e. The van der Waals surface area contributed by atoms with E-state index in [2.05, 4.69) is 36.3 Å². The molecule has 0 unspecified atom stereocenters. The fraction of sp³-hybridized carbons (Fsp3) is 0.400. The van der Waals surface area contributed by atoms with Gasteiger partial charge in [-0.15, -0.1) is 10.2 Å². The van der Waals surface area contributed by atoms with Gasteiger partial charge in [-0.25, -0.2) is 0 Å². The van der Waals surface area contributed by atoms with E-state index in [0.29, 0.717) is 10.7 Å². The Labute approximate surface area is 137 Å². The molecule has 0 saturated carbocycles. The fourth-order valence-electron chi connectivity index (χ4n) is 1.93. The minimum absolute atomic E-state index is 0.0808. The molecule has 0 fully saturated rings. The predicted molar refractivity (Wildman–Crippen MR) is 89.0 cm³/mol. The minimum Gasteiger partial charge on any atom is -0.296 e. The molecule has 0 radical (unpaired) electrons. The van der Waals surface area contributed by atoms with Crippen molar-refractivity contribution in [1.82, 2.24) is 10.2 Å². The number of nitrogens with one attached hydrogen (secondary N) is 1. The van der Waals surface area contributed by atoms with Crippen LogP contribution in [0.2, 0.25) is 0 Å². The van der Waals surface area contributed by atoms with Gasteiger partial charge in [-0.1, -0.05) is 38.2 Å². The van der Waals surface area contributed by atoms with Gasteiger partial charge in [-0.2, -0.15) is 0 Å². The first-order valence-corrected chi connectivity index (χ1v) is 7.97. The second-order valence-corrected chi connectivity index (χ2v) is 6.79. The lowest BCUT2D eigenvalue weighted by Crippen LogP contribution is -2.14. The van der Waals surface area contributed by atoms with Gasteiger partial charge >= 0.3 is 0 Å². The Morgan fingerprint density at radius 1 is 1.39 bits per heavy atom. The highest BCUT2D eigenvalue weighted by atomic mass is 32.1. The second-order valence-electron chi connectivity index (χ2n) is 5.81. The SMILES string of the molecule is CCC(C)(C)c1nnc(NC(=O)c2cccc([N+](=O)[O-])c2C)s1. The molecular weight excluding hydrogens is 316 g/mol. The van der Waals surface area contributed by atoms with Crippen LogP contribution >= 0.6 is 11.3 Å². The van der Waals surface area contributed by atoms with E-state index in [1.165, 1.54) is 23.5 Å². The molecule has 0 spiro atoms. The van der Waals surface area contributed by atoms with Crippen LogP contribution in [0.1, 0.15) is 48.1 Å². The number of benzene rings is 1. The first-order chi connectivity index (χ1) is 10.8. The number of nitrogens with zero attached hydrogens (tertiary/aromatic N) is 3. The van der Waals surface area contributed by atoms with Crippen LogP contribution in [0.3, 0.4) is 0 Å². The molecule has 1 aromatic carbocycles. The molecule has 1 N–H and O–H groups in total. The van der Waals surface area contributed by atoms with Crippen molar-refractivity contribution in [3.05, 3.63) is 44.4 Å². The molecule has 8 heteroatoms. The number of aromatic nitrogens is 2. The summed E-state index contributed by atoms with van der Waals surface area (Å²) >= 11 is 1.32. The van der Waals surface area contributed by atoms with Gasteiger partial charge in [0.15, 0.2) is 0 Å². The fourth-order valence-corrected chi connectivity index (χ4v) is 2.84. The summed E-state index contributed by atoms with van der Waals surface area (Å²) in [7, 11) is 0. The molecule has 2 aromatic rings. The summed E-state index contributed by atoms with van der Waals surface area (Å²) in [5.41, 5.74) is 0.393. The van der Waals surface area contributed by atoms with E-state index in [4.69, 9.17) is 0 Å². The van der Waals surface area contributed by atoms with Gasteiger partial charge in [0, 0.05) is 22.6 Å². The summed E-state index contributed by atoms with van der Waals surface area (Å²) in [6.45, 7) is 7.73. The van der Waals surface area contributed by atoms with E-state index in [1.54, 1.807) is 13.0 Å². The van der Waals surface area contributed by atoms with Crippen LogP contribution in [-0.4, -0.2) is 21.0 Å². The van der Waals surface area contributed by atoms with Crippen LogP contribution in [0.5, 0.6) is 0 Å². The van der Waals surface area contributed by atoms with Gasteiger partial charge in [0.05, 0.1) is 4.92 Å². The van der Waals surface area contributed by atoms with E-state index < -0.39 is 10.8 Å². The largest absolute Gasteiger partial charge is 0.296 e. The summed E-state index contributed by atoms with van der Waals surface area (Å²) in [5.74, 6) is -0.428. The quantitative estimate of drug-likeness (QED) is 0.664. The zero-order valence-corrected chi connectivity index (χ0v) is 14.2. The molecule has 0 aliphatic heterocycles. The van der Waals surface area contributed by atoms with Crippen LogP contribution < -0.4 is 5.32 Å². The second kappa shape index (κ2) is 6.41. The van der Waals surface area contributed by atoms with Gasteiger partial charge in [-0.3, -0.25) is 20.2 Å². The summed E-state index contributed by atoms with van der Waals surface area (Å²) in [6.07, 6.45) is 0.902. The molecule has 0 bridgehead atoms. The van der Waals surface area contributed by atoms with E-state index in [-0.39, 0.29) is 16.7 Å². The molecule has 122 valence electrons. The van der Waals surface area contributed by atoms with E-state index in [9.17, 15) is 14.9 Å². The van der Waals surface area contributed by atoms with Crippen molar-refractivity contribution in [2.24, 2.45) is 0 Å². The molecule has 2 rings (SSSR count). The predicted octanol–water partition coefficient (Wildman–Crippen LogP) is 3.69. The van der Waals surface area contributed by atoms with Crippen molar-refractivity contribution < 1.29 is 9.72 Å². The van der Waals surface area contributed by atoms with Crippen LogP contribution in [0, 0.1) is 17.0 Å². The Balaban J connectivity index is 2.24. The lowest BCUT2D eigenvalue weighted by Gasteiger charge is -2.17. The van der Waals surface area contributed by atoms with Gasteiger partial charge in [0.25, 0.3) is 11.6 Å². The first-order valence-electron chi connectivity index (χ1n) is 7.15. The maximum absolute atomic E-state index is 12.3. The van der Waals surface area contributed by atoms with Crippen LogP contribution in [0.25, 0.3) is 0 Å². The Hall–Kier alpha value is -2.35. The minimum atomic E-state index is -0.501. The highest BCUT2D eigenvalue weighted by Crippen LogP contribution is 2.31. The maximum Gasteiger partial charge on any atom is 0.273 e. The third-order valence-corrected chi connectivity index (χ3v) is 5.06. The Bertz CT molecular complexity index is 755. The molecule has 7 nitrogen and oxygen atoms in total. The number of amides is 1. The van der Waals surface area contributed by atoms with E-state index >= 15 is 0 Å². The number of hydrogen-bond donors (Lipinski definition) is 1. The summed E-state index contributed by atoms with van der Waals surface area (Å²) in [5, 5.41) is 23.0. The molecule has 23 heavy (non-hydrogen) atoms. The highest BCUT2D eigenvalue weighted by Gasteiger charge is 2.24. The van der Waals surface area contributed by atoms with Gasteiger partial charge < -0.3 is 0 Å². The Kier molecular flexibility index (Phi) is 4.74. The standard InChI is InChI=1S/C15H18N4O3S/c1-5-15(3,4)13-17-18-14(23-13)16-12(20)10-7-6-8-11(9(10)2)19(21)22/h6-8H,5H2,1-4H3,(H,16,18,20). The lowest BCUT2D eigenvalue weighted by atomic mass is 9.91. The molecule has 1 aromatic heterocycles. The monoisotopic (exact) mass is 334 g/mol. The summed E-state index contributed by atoms with van der Waals surface area (Å²) in [6, 6.07) is 4.42. The molecule has 0 saturated heterocycles. The van der Waals surface area contributed by atoms with Crippen molar-refractivity contribution in [3.8, 4) is 0 Å². The topological polar surface area (TPSA) is 98.0 Å². The zero-order valence-electron chi connectivity index (χ0n) is 13.4. The van der Waals surface area contributed by atoms with E-state index in [0.717, 1.165) is 11.4 Å². The van der Waals surface area contributed by atoms with Crippen LogP contribution in [0.4, 0.5) is 10.8 Å². The third-order valence-electron chi connectivity index (χ3n) is 3.85. The lowest BCUT2D eigenvalue weighted by molar-refractivity contribution is -0.385. The Morgan fingerprint density at radius 2 is 2.09 bits per heavy atom. The van der Waals surface area contributed by atoms with Crippen molar-refractivity contribution in [3.63, 3.8) is 0 Å². The highest BCUT2D eigenvalue weighted by molar-refractivity contribution is 7.15. The van der Waals surface area contributed by atoms with Crippen LogP contribution in [-0.2, 0) is 5.41 Å². The van der Waals surface area contributed by atoms with Gasteiger partial charge in [0.1, 0.15) is 5.01 Å². The third kappa shape index (κ3) is 3.53. The number of nitro groups is 1. The normalized spacial score (nSPS) is 11.3. The molecule has 0 aliphatic rings. The van der Waals surface area contributed by atoms with Crippen molar-refractivity contribution in [2.45, 2.75) is 39.5 Å². The zero-order chi connectivity index (χ0) is 17.2. The number of carbonyl (C=O) groups excluding carboxylic acids is 1. The molecule has 0 atom stereocenters. The number of nitro benzene ring substituents is 1. The summed E-state index contributed by atoms with van der Waals surface area (Å²) in [4.78, 5) is 22.8. The van der Waals surface area contributed by atoms with Crippen LogP contribution in [0.15, 0.2) is 18.2 Å². The number of hydrogen-bond acceptors (Lipinski definition) is 6. The Morgan fingerprint density at radius 3 is 2.70 bits per heavy atom. The first kappa shape index (κ1) is 17.0. The average molecular weight is 334 g/mol. The molecule has 0 aliphatic carbocycles. The maximum atomic E-state index is 12.3. The van der Waals surface area contributed by atoms with Crippen molar-refractivity contribution in [1.29, 1.82) is 0 Å². The number of carbonyl (C=O) groups is 1. The van der Waals surface area contributed by atoms with E-state index in [1.807, 2.05) is 0 Å². The number of anilines is 1. The number of rotatable bonds is 5. The molecular formula is C15H18N4O3S. The van der Waals surface area contributed by atoms with Crippen molar-refractivity contribution >= 4 is 28.1 Å². The average Bonchev–Trinajstić information content (AvgIpc) is 2.96. The van der Waals surface area contributed by atoms with Gasteiger partial charge in [0.2, 0.25) is 5.13 Å². The summed E-state index contributed by atoms with van der Waals surface area (Å²) < 4.78 is 0.